The van der Waals surface area contributed by atoms with Gasteiger partial charge in [-0.05, 0) is 62.1 Å². The van der Waals surface area contributed by atoms with Gasteiger partial charge in [0.1, 0.15) is 0 Å². The number of aliphatic hydroxyl groups is 1. The number of carbonyl (C=O) groups excluding carboxylic acids is 3. The number of nitrogens with one attached hydrogen (secondary N) is 2. The van der Waals surface area contributed by atoms with Crippen molar-refractivity contribution in [1.82, 2.24) is 5.32 Å². The topological polar surface area (TPSA) is 168 Å². The Morgan fingerprint density at radius 1 is 0.978 bits per heavy atom. The molecule has 0 saturated heterocycles. The van der Waals surface area contributed by atoms with Crippen LogP contribution in [-0.4, -0.2) is 82.5 Å². The molecule has 0 aromatic heterocycles. The molecular formula is C33H45N3O9. The fourth-order valence-corrected chi connectivity index (χ4v) is 4.91. The SMILES string of the molecule is CCO[C@H]1OC(C(=O)NCCCCC(=O)Nc2ccccc2N)=C[C@@H](c2ccc(C(=O)OC)cc2)[C@@H]1CCOCCOCCO. The van der Waals surface area contributed by atoms with E-state index in [1.807, 2.05) is 19.1 Å². The van der Waals surface area contributed by atoms with E-state index in [2.05, 4.69) is 10.6 Å². The molecule has 3 atom stereocenters. The second-order valence-corrected chi connectivity index (χ2v) is 10.4. The number of esters is 1. The van der Waals surface area contributed by atoms with Gasteiger partial charge in [-0.3, -0.25) is 9.59 Å². The Balaban J connectivity index is 1.63. The molecule has 1 aliphatic heterocycles. The lowest BCUT2D eigenvalue weighted by Crippen LogP contribution is -2.39. The number of benzene rings is 2. The maximum Gasteiger partial charge on any atom is 0.337 e. The summed E-state index contributed by atoms with van der Waals surface area (Å²) >= 11 is 0. The first-order valence-electron chi connectivity index (χ1n) is 15.2. The standard InChI is InChI=1S/C33H45N3O9/c1-3-44-33-25(15-18-42-20-21-43-19-17-37)26(23-11-13-24(14-12-23)32(40)41-2)22-29(45-33)31(39)35-16-7-6-10-30(38)36-28-9-5-4-8-27(28)34/h4-5,8-9,11-14,22,25-26,33,37H,3,6-7,10,15-21,34H2,1-2H3,(H,35,39)(H,36,38)/t25-,26-,33-/m0/s1. The lowest BCUT2D eigenvalue weighted by atomic mass is 9.81. The molecule has 0 saturated carbocycles. The number of anilines is 2. The average molecular weight is 628 g/mol. The zero-order valence-corrected chi connectivity index (χ0v) is 26.0. The number of allylic oxidation sites excluding steroid dienone is 1. The Bertz CT molecular complexity index is 1250. The highest BCUT2D eigenvalue weighted by Gasteiger charge is 2.38. The molecular weight excluding hydrogens is 582 g/mol. The van der Waals surface area contributed by atoms with Gasteiger partial charge in [0.15, 0.2) is 5.76 Å². The van der Waals surface area contributed by atoms with Gasteiger partial charge in [0.05, 0.1) is 50.5 Å². The highest BCUT2D eigenvalue weighted by atomic mass is 16.7. The maximum atomic E-state index is 13.2. The number of carbonyl (C=O) groups is 3. The van der Waals surface area contributed by atoms with Crippen LogP contribution in [0.15, 0.2) is 60.4 Å². The normalized spacial score (nSPS) is 17.6. The lowest BCUT2D eigenvalue weighted by molar-refractivity contribution is -0.168. The van der Waals surface area contributed by atoms with E-state index in [-0.39, 0.29) is 49.0 Å². The zero-order valence-electron chi connectivity index (χ0n) is 26.0. The molecule has 0 spiro atoms. The van der Waals surface area contributed by atoms with E-state index in [0.29, 0.717) is 69.2 Å². The zero-order chi connectivity index (χ0) is 32.4. The summed E-state index contributed by atoms with van der Waals surface area (Å²) in [5.74, 6) is -1.29. The molecule has 0 bridgehead atoms. The minimum atomic E-state index is -0.714. The minimum absolute atomic E-state index is 0.0457. The van der Waals surface area contributed by atoms with Gasteiger partial charge in [0.2, 0.25) is 12.2 Å². The maximum absolute atomic E-state index is 13.2. The number of nitrogens with two attached hydrogens (primary N) is 1. The smallest absolute Gasteiger partial charge is 0.337 e. The summed E-state index contributed by atoms with van der Waals surface area (Å²) in [7, 11) is 1.33. The average Bonchev–Trinajstić information content (AvgIpc) is 3.05. The van der Waals surface area contributed by atoms with Gasteiger partial charge < -0.3 is 45.2 Å². The van der Waals surface area contributed by atoms with Crippen LogP contribution in [0.1, 0.15) is 54.4 Å². The van der Waals surface area contributed by atoms with Crippen molar-refractivity contribution in [2.75, 3.05) is 64.3 Å². The van der Waals surface area contributed by atoms with Gasteiger partial charge >= 0.3 is 5.97 Å². The van der Waals surface area contributed by atoms with Crippen LogP contribution in [0, 0.1) is 5.92 Å². The van der Waals surface area contributed by atoms with Gasteiger partial charge in [0, 0.05) is 38.0 Å². The van der Waals surface area contributed by atoms with E-state index in [9.17, 15) is 14.4 Å². The summed E-state index contributed by atoms with van der Waals surface area (Å²) in [5.41, 5.74) is 8.25. The molecule has 246 valence electrons. The second kappa shape index (κ2) is 19.4. The minimum Gasteiger partial charge on any atom is -0.465 e. The van der Waals surface area contributed by atoms with Crippen LogP contribution >= 0.6 is 0 Å². The summed E-state index contributed by atoms with van der Waals surface area (Å²) in [5, 5.41) is 14.5. The molecule has 0 aliphatic carbocycles. The molecule has 0 fully saturated rings. The summed E-state index contributed by atoms with van der Waals surface area (Å²) < 4.78 is 27.9. The number of amides is 2. The Hall–Kier alpha value is -3.97. The summed E-state index contributed by atoms with van der Waals surface area (Å²) in [6.07, 6.45) is 3.08. The summed E-state index contributed by atoms with van der Waals surface area (Å²) in [6.45, 7) is 3.93. The van der Waals surface area contributed by atoms with Crippen LogP contribution in [0.5, 0.6) is 0 Å². The second-order valence-electron chi connectivity index (χ2n) is 10.4. The van der Waals surface area contributed by atoms with E-state index in [1.54, 1.807) is 42.5 Å². The van der Waals surface area contributed by atoms with Gasteiger partial charge in [0.25, 0.3) is 5.91 Å². The number of aliphatic hydroxyl groups excluding tert-OH is 1. The lowest BCUT2D eigenvalue weighted by Gasteiger charge is -2.37. The third kappa shape index (κ3) is 11.5. The van der Waals surface area contributed by atoms with Gasteiger partial charge in [-0.15, -0.1) is 0 Å². The molecule has 2 aromatic rings. The quantitative estimate of drug-likeness (QED) is 0.103. The molecule has 1 heterocycles. The van der Waals surface area contributed by atoms with E-state index < -0.39 is 12.3 Å². The molecule has 3 rings (SSSR count). The van der Waals surface area contributed by atoms with Crippen molar-refractivity contribution in [3.63, 3.8) is 0 Å². The van der Waals surface area contributed by atoms with Crippen LogP contribution in [0.2, 0.25) is 0 Å². The van der Waals surface area contributed by atoms with Crippen molar-refractivity contribution in [3.05, 3.63) is 71.5 Å². The molecule has 5 N–H and O–H groups in total. The number of hydrogen-bond acceptors (Lipinski definition) is 10. The van der Waals surface area contributed by atoms with Crippen molar-refractivity contribution in [3.8, 4) is 0 Å². The predicted octanol–water partition coefficient (Wildman–Crippen LogP) is 3.37. The molecule has 12 nitrogen and oxygen atoms in total. The molecule has 1 aliphatic rings. The molecule has 0 unspecified atom stereocenters. The van der Waals surface area contributed by atoms with E-state index in [4.69, 9.17) is 34.5 Å². The predicted molar refractivity (Wildman–Crippen MR) is 168 cm³/mol. The van der Waals surface area contributed by atoms with E-state index in [1.165, 1.54) is 7.11 Å². The highest BCUT2D eigenvalue weighted by molar-refractivity contribution is 5.94. The number of hydrogen-bond donors (Lipinski definition) is 4. The number of rotatable bonds is 19. The van der Waals surface area contributed by atoms with Crippen molar-refractivity contribution >= 4 is 29.2 Å². The van der Waals surface area contributed by atoms with Gasteiger partial charge in [-0.2, -0.15) is 0 Å². The highest BCUT2D eigenvalue weighted by Crippen LogP contribution is 2.39. The molecule has 12 heteroatoms. The van der Waals surface area contributed by atoms with Crippen molar-refractivity contribution in [1.29, 1.82) is 0 Å². The Morgan fingerprint density at radius 3 is 2.40 bits per heavy atom. The third-order valence-electron chi connectivity index (χ3n) is 7.21. The Morgan fingerprint density at radius 2 is 1.71 bits per heavy atom. The summed E-state index contributed by atoms with van der Waals surface area (Å²) in [6, 6.07) is 14.1. The summed E-state index contributed by atoms with van der Waals surface area (Å²) in [4.78, 5) is 37.5. The fourth-order valence-electron chi connectivity index (χ4n) is 4.91. The molecule has 45 heavy (non-hydrogen) atoms. The first kappa shape index (κ1) is 35.5. The largest absolute Gasteiger partial charge is 0.465 e. The Kier molecular flexibility index (Phi) is 15.3. The number of para-hydroxylation sites is 2. The first-order valence-corrected chi connectivity index (χ1v) is 15.2. The number of unbranched alkanes of at least 4 members (excludes halogenated alkanes) is 1. The molecule has 2 amide bonds. The van der Waals surface area contributed by atoms with Crippen molar-refractivity contribution in [2.45, 2.75) is 44.8 Å². The van der Waals surface area contributed by atoms with Crippen LogP contribution in [0.25, 0.3) is 0 Å². The van der Waals surface area contributed by atoms with Crippen LogP contribution in [0.4, 0.5) is 11.4 Å². The number of methoxy groups -OCH3 is 1. The number of nitrogen functional groups attached to an aromatic ring is 1. The number of ether oxygens (including phenoxy) is 5. The van der Waals surface area contributed by atoms with Crippen LogP contribution in [-0.2, 0) is 33.3 Å². The monoisotopic (exact) mass is 627 g/mol. The Labute approximate surface area is 264 Å². The molecule has 0 radical (unpaired) electrons. The molecule has 2 aromatic carbocycles. The first-order chi connectivity index (χ1) is 21.9. The van der Waals surface area contributed by atoms with Crippen LogP contribution < -0.4 is 16.4 Å². The third-order valence-corrected chi connectivity index (χ3v) is 7.21. The fraction of sp³-hybridized carbons (Fsp3) is 0.485. The van der Waals surface area contributed by atoms with E-state index >= 15 is 0 Å². The van der Waals surface area contributed by atoms with Crippen molar-refractivity contribution in [2.24, 2.45) is 5.92 Å². The van der Waals surface area contributed by atoms with Gasteiger partial charge in [-0.1, -0.05) is 24.3 Å². The van der Waals surface area contributed by atoms with Gasteiger partial charge in [-0.25, -0.2) is 4.79 Å². The van der Waals surface area contributed by atoms with E-state index in [0.717, 1.165) is 5.56 Å². The van der Waals surface area contributed by atoms with Crippen molar-refractivity contribution < 1.29 is 43.2 Å². The van der Waals surface area contributed by atoms with Crippen LogP contribution in [0.3, 0.4) is 0 Å².